The van der Waals surface area contributed by atoms with E-state index in [0.717, 1.165) is 11.1 Å². The minimum atomic E-state index is -3.76. The molecule has 2 aliphatic rings. The highest BCUT2D eigenvalue weighted by Crippen LogP contribution is 2.33. The maximum absolute atomic E-state index is 13.1. The fourth-order valence-electron chi connectivity index (χ4n) is 4.39. The van der Waals surface area contributed by atoms with Gasteiger partial charge in [-0.25, -0.2) is 22.0 Å². The Hall–Kier alpha value is -1.98. The summed E-state index contributed by atoms with van der Waals surface area (Å²) in [6.45, 7) is 2.43. The second-order valence-electron chi connectivity index (χ2n) is 8.32. The molecule has 8 nitrogen and oxygen atoms in total. The summed E-state index contributed by atoms with van der Waals surface area (Å²) in [6.07, 6.45) is 0.539. The van der Waals surface area contributed by atoms with E-state index in [9.17, 15) is 21.6 Å². The molecule has 2 N–H and O–H groups in total. The van der Waals surface area contributed by atoms with E-state index < -0.39 is 25.9 Å². The Labute approximate surface area is 192 Å². The van der Waals surface area contributed by atoms with Crippen LogP contribution in [-0.4, -0.2) is 64.3 Å². The zero-order valence-electron chi connectivity index (χ0n) is 17.4. The number of nitrogens with zero attached hydrogens (tertiary/aromatic N) is 2. The summed E-state index contributed by atoms with van der Waals surface area (Å²) >= 11 is 6.25. The molecular formula is C21H24ClN3O5S2. The zero-order chi connectivity index (χ0) is 23.3. The number of aryl methyl sites for hydroxylation is 1. The summed E-state index contributed by atoms with van der Waals surface area (Å²) in [5.41, 5.74) is 2.36. The number of piperazine rings is 1. The van der Waals surface area contributed by atoms with Gasteiger partial charge in [-0.2, -0.15) is 0 Å². The van der Waals surface area contributed by atoms with Crippen LogP contribution in [0.4, 0.5) is 5.69 Å². The third kappa shape index (κ3) is 4.69. The number of benzene rings is 2. The van der Waals surface area contributed by atoms with Gasteiger partial charge in [0.1, 0.15) is 0 Å². The van der Waals surface area contributed by atoms with Crippen molar-refractivity contribution in [3.63, 3.8) is 0 Å². The molecule has 172 valence electrons. The van der Waals surface area contributed by atoms with Crippen molar-refractivity contribution >= 4 is 43.1 Å². The predicted octanol–water partition coefficient (Wildman–Crippen LogP) is 1.35. The van der Waals surface area contributed by atoms with Crippen LogP contribution >= 0.6 is 11.6 Å². The van der Waals surface area contributed by atoms with E-state index in [1.165, 1.54) is 12.1 Å². The molecule has 2 aliphatic heterocycles. The number of carbonyl (C=O) groups is 1. The van der Waals surface area contributed by atoms with E-state index in [2.05, 4.69) is 0 Å². The molecule has 0 spiro atoms. The number of anilines is 1. The largest absolute Gasteiger partial charge is 0.306 e. The number of halogens is 1. The van der Waals surface area contributed by atoms with E-state index in [-0.39, 0.29) is 34.9 Å². The van der Waals surface area contributed by atoms with E-state index in [1.54, 1.807) is 29.2 Å². The second-order valence-corrected chi connectivity index (χ2v) is 12.4. The van der Waals surface area contributed by atoms with Crippen LogP contribution in [0.3, 0.4) is 0 Å². The van der Waals surface area contributed by atoms with Gasteiger partial charge >= 0.3 is 0 Å². The van der Waals surface area contributed by atoms with Crippen molar-refractivity contribution in [2.45, 2.75) is 30.3 Å². The minimum Gasteiger partial charge on any atom is -0.306 e. The Bertz CT molecular complexity index is 1260. The summed E-state index contributed by atoms with van der Waals surface area (Å²) in [7, 11) is -7.06. The van der Waals surface area contributed by atoms with Gasteiger partial charge in [-0.3, -0.25) is 9.69 Å². The number of amides is 1. The minimum absolute atomic E-state index is 0.00854. The molecule has 4 rings (SSSR count). The second kappa shape index (κ2) is 8.42. The molecule has 0 unspecified atom stereocenters. The monoisotopic (exact) mass is 497 g/mol. The number of primary sulfonamides is 1. The number of nitrogens with two attached hydrogens (primary N) is 1. The maximum atomic E-state index is 13.1. The number of hydrogen-bond acceptors (Lipinski definition) is 6. The quantitative estimate of drug-likeness (QED) is 0.666. The van der Waals surface area contributed by atoms with E-state index in [0.29, 0.717) is 23.7 Å². The lowest BCUT2D eigenvalue weighted by atomic mass is 10.0. The van der Waals surface area contributed by atoms with Crippen molar-refractivity contribution in [1.82, 2.24) is 4.90 Å². The smallest absolute Gasteiger partial charge is 0.241 e. The highest BCUT2D eigenvalue weighted by Gasteiger charge is 2.49. The summed E-state index contributed by atoms with van der Waals surface area (Å²) in [5, 5.41) is 5.66. The van der Waals surface area contributed by atoms with Gasteiger partial charge in [0.05, 0.1) is 29.0 Å². The molecule has 1 amide bonds. The first-order valence-corrected chi connectivity index (χ1v) is 13.8. The van der Waals surface area contributed by atoms with E-state index in [1.807, 2.05) is 17.9 Å². The zero-order valence-corrected chi connectivity index (χ0v) is 19.8. The Morgan fingerprint density at radius 2 is 1.75 bits per heavy atom. The summed E-state index contributed by atoms with van der Waals surface area (Å²) in [5.74, 6) is -0.271. The first-order valence-electron chi connectivity index (χ1n) is 10.1. The molecule has 0 aliphatic carbocycles. The topological polar surface area (TPSA) is 118 Å². The summed E-state index contributed by atoms with van der Waals surface area (Å²) in [4.78, 5) is 16.6. The van der Waals surface area contributed by atoms with Crippen molar-refractivity contribution in [1.29, 1.82) is 0 Å². The van der Waals surface area contributed by atoms with Gasteiger partial charge in [-0.15, -0.1) is 0 Å². The molecule has 32 heavy (non-hydrogen) atoms. The van der Waals surface area contributed by atoms with Crippen LogP contribution in [0.5, 0.6) is 0 Å². The average Bonchev–Trinajstić information content (AvgIpc) is 3.03. The SMILES string of the molecule is Cc1ccc(N2C(=O)CN(CCc3ccc(S(N)(=O)=O)cc3)[C@H]3CS(=O)(=O)C[C@H]32)cc1Cl. The molecule has 2 aromatic carbocycles. The summed E-state index contributed by atoms with van der Waals surface area (Å²) in [6, 6.07) is 10.8. The van der Waals surface area contributed by atoms with Crippen molar-refractivity contribution in [3.8, 4) is 0 Å². The van der Waals surface area contributed by atoms with Crippen molar-refractivity contribution in [3.05, 3.63) is 58.6 Å². The van der Waals surface area contributed by atoms with Crippen molar-refractivity contribution < 1.29 is 21.6 Å². The molecule has 0 radical (unpaired) electrons. The van der Waals surface area contributed by atoms with Crippen LogP contribution in [0.1, 0.15) is 11.1 Å². The third-order valence-electron chi connectivity index (χ3n) is 6.07. The van der Waals surface area contributed by atoms with Crippen molar-refractivity contribution in [2.24, 2.45) is 5.14 Å². The van der Waals surface area contributed by atoms with Crippen LogP contribution in [-0.2, 0) is 31.1 Å². The van der Waals surface area contributed by atoms with Crippen LogP contribution in [0, 0.1) is 6.92 Å². The van der Waals surface area contributed by atoms with Crippen molar-refractivity contribution in [2.75, 3.05) is 29.5 Å². The molecule has 2 saturated heterocycles. The molecule has 2 atom stereocenters. The van der Waals surface area contributed by atoms with Crippen LogP contribution in [0.25, 0.3) is 0 Å². The van der Waals surface area contributed by atoms with Gasteiger partial charge in [0.2, 0.25) is 15.9 Å². The molecular weight excluding hydrogens is 474 g/mol. The number of sulfone groups is 1. The third-order valence-corrected chi connectivity index (χ3v) is 9.11. The molecule has 2 fully saturated rings. The Morgan fingerprint density at radius 1 is 1.09 bits per heavy atom. The van der Waals surface area contributed by atoms with E-state index >= 15 is 0 Å². The molecule has 2 aromatic rings. The number of hydrogen-bond donors (Lipinski definition) is 1. The van der Waals surface area contributed by atoms with Gasteiger partial charge in [0.15, 0.2) is 9.84 Å². The standard InChI is InChI=1S/C21H24ClN3O5S2/c1-14-2-5-16(10-18(14)22)25-20-13-31(27,28)12-19(20)24(11-21(25)26)9-8-15-3-6-17(7-4-15)32(23,29)30/h2-7,10,19-20H,8-9,11-13H2,1H3,(H2,23,29,30)/t19-,20+/m0/s1. The highest BCUT2D eigenvalue weighted by atomic mass is 35.5. The lowest BCUT2D eigenvalue weighted by Crippen LogP contribution is -2.62. The van der Waals surface area contributed by atoms with Gasteiger partial charge in [0, 0.05) is 23.3 Å². The maximum Gasteiger partial charge on any atom is 0.241 e. The molecule has 2 heterocycles. The Balaban J connectivity index is 1.55. The first-order chi connectivity index (χ1) is 14.9. The highest BCUT2D eigenvalue weighted by molar-refractivity contribution is 7.91. The van der Waals surface area contributed by atoms with Crippen LogP contribution in [0.15, 0.2) is 47.4 Å². The molecule has 0 bridgehead atoms. The normalized spacial score (nSPS) is 23.3. The van der Waals surface area contributed by atoms with Gasteiger partial charge in [0.25, 0.3) is 0 Å². The van der Waals surface area contributed by atoms with E-state index in [4.69, 9.17) is 16.7 Å². The van der Waals surface area contributed by atoms with Crippen LogP contribution in [0.2, 0.25) is 5.02 Å². The molecule has 0 aromatic heterocycles. The lowest BCUT2D eigenvalue weighted by Gasteiger charge is -2.43. The van der Waals surface area contributed by atoms with Gasteiger partial charge < -0.3 is 4.90 Å². The van der Waals surface area contributed by atoms with Crippen LogP contribution < -0.4 is 10.0 Å². The van der Waals surface area contributed by atoms with Gasteiger partial charge in [-0.05, 0) is 48.7 Å². The summed E-state index contributed by atoms with van der Waals surface area (Å²) < 4.78 is 47.8. The first kappa shape index (κ1) is 23.2. The predicted molar refractivity (Wildman–Crippen MR) is 123 cm³/mol. The molecule has 11 heteroatoms. The fourth-order valence-corrected chi connectivity index (χ4v) is 7.06. The number of sulfonamides is 1. The number of rotatable bonds is 5. The number of carbonyl (C=O) groups excluding carboxylic acids is 1. The lowest BCUT2D eigenvalue weighted by molar-refractivity contribution is -0.123. The number of fused-ring (bicyclic) bond motifs is 1. The molecule has 0 saturated carbocycles. The average molecular weight is 498 g/mol. The Kier molecular flexibility index (Phi) is 6.10. The Morgan fingerprint density at radius 3 is 2.38 bits per heavy atom. The van der Waals surface area contributed by atoms with Gasteiger partial charge in [-0.1, -0.05) is 29.8 Å². The fraction of sp³-hybridized carbons (Fsp3) is 0.381.